The lowest BCUT2D eigenvalue weighted by Crippen LogP contribution is -2.15. The fourth-order valence-corrected chi connectivity index (χ4v) is 4.59. The number of benzene rings is 2. The lowest BCUT2D eigenvalue weighted by atomic mass is 10.1. The molecule has 2 aromatic heterocycles. The largest absolute Gasteiger partial charge is 0.454 e. The Balaban J connectivity index is 1.53. The molecule has 0 aliphatic rings. The van der Waals surface area contributed by atoms with Gasteiger partial charge in [-0.15, -0.1) is 0 Å². The summed E-state index contributed by atoms with van der Waals surface area (Å²) in [6.45, 7) is 7.19. The number of para-hydroxylation sites is 1. The maximum Gasteiger partial charge on any atom is 0.340 e. The molecule has 0 aliphatic heterocycles. The van der Waals surface area contributed by atoms with Crippen molar-refractivity contribution in [1.82, 2.24) is 9.13 Å². The normalized spacial score (nSPS) is 11.0. The molecule has 34 heavy (non-hydrogen) atoms. The zero-order valence-electron chi connectivity index (χ0n) is 19.4. The lowest BCUT2D eigenvalue weighted by molar-refractivity contribution is 0.0474. The third-order valence-electron chi connectivity index (χ3n) is 5.89. The van der Waals surface area contributed by atoms with Gasteiger partial charge in [0.25, 0.3) is 0 Å². The molecular formula is C27H24Cl2N2O3. The van der Waals surface area contributed by atoms with Crippen molar-refractivity contribution in [2.24, 2.45) is 0 Å². The molecule has 0 saturated heterocycles. The summed E-state index contributed by atoms with van der Waals surface area (Å²) in [6.07, 6.45) is 0. The summed E-state index contributed by atoms with van der Waals surface area (Å²) < 4.78 is 9.34. The van der Waals surface area contributed by atoms with Crippen molar-refractivity contribution in [3.63, 3.8) is 0 Å². The van der Waals surface area contributed by atoms with E-state index < -0.39 is 5.97 Å². The summed E-state index contributed by atoms with van der Waals surface area (Å²) in [5, 5.41) is 0.893. The van der Waals surface area contributed by atoms with Crippen LogP contribution < -0.4 is 0 Å². The number of ketones is 1. The number of aromatic nitrogens is 2. The molecule has 0 fully saturated rings. The molecule has 0 N–H and O–H groups in total. The third kappa shape index (κ3) is 4.41. The minimum atomic E-state index is -0.526. The minimum Gasteiger partial charge on any atom is -0.454 e. The van der Waals surface area contributed by atoms with Crippen LogP contribution in [0.15, 0.2) is 60.7 Å². The molecule has 0 unspecified atom stereocenters. The van der Waals surface area contributed by atoms with Crippen LogP contribution in [-0.4, -0.2) is 27.5 Å². The van der Waals surface area contributed by atoms with Crippen molar-refractivity contribution in [3.05, 3.63) is 105 Å². The second kappa shape index (κ2) is 9.53. The van der Waals surface area contributed by atoms with Crippen LogP contribution >= 0.6 is 23.2 Å². The first-order valence-corrected chi connectivity index (χ1v) is 11.5. The first-order chi connectivity index (χ1) is 16.2. The van der Waals surface area contributed by atoms with Crippen molar-refractivity contribution in [2.45, 2.75) is 27.7 Å². The fraction of sp³-hybridized carbons (Fsp3) is 0.185. The monoisotopic (exact) mass is 494 g/mol. The van der Waals surface area contributed by atoms with E-state index in [1.807, 2.05) is 73.2 Å². The van der Waals surface area contributed by atoms with Crippen LogP contribution in [-0.2, 0) is 4.74 Å². The highest BCUT2D eigenvalue weighted by molar-refractivity contribution is 6.42. The van der Waals surface area contributed by atoms with Crippen LogP contribution in [0.5, 0.6) is 0 Å². The predicted octanol–water partition coefficient (Wildman–Crippen LogP) is 6.85. The van der Waals surface area contributed by atoms with Crippen molar-refractivity contribution < 1.29 is 14.3 Å². The van der Waals surface area contributed by atoms with Crippen molar-refractivity contribution >= 4 is 35.0 Å². The number of hydrogen-bond acceptors (Lipinski definition) is 3. The van der Waals surface area contributed by atoms with E-state index in [1.54, 1.807) is 24.3 Å². The zero-order valence-corrected chi connectivity index (χ0v) is 20.9. The molecule has 4 aromatic rings. The van der Waals surface area contributed by atoms with E-state index in [0.29, 0.717) is 21.2 Å². The molecule has 7 heteroatoms. The maximum atomic E-state index is 13.0. The van der Waals surface area contributed by atoms with Crippen LogP contribution in [0.2, 0.25) is 10.0 Å². The van der Waals surface area contributed by atoms with Gasteiger partial charge in [0.2, 0.25) is 5.78 Å². The van der Waals surface area contributed by atoms with Crippen molar-refractivity contribution in [1.29, 1.82) is 0 Å². The quantitative estimate of drug-likeness (QED) is 0.217. The number of carbonyl (C=O) groups excluding carboxylic acids is 2. The SMILES string of the molecule is Cc1cc(C(=O)COC(=O)c2cc(C)n(-c3ccccc3)c2C)c(C)n1-c1ccc(Cl)c(Cl)c1. The van der Waals surface area contributed by atoms with Gasteiger partial charge in [0.05, 0.1) is 15.6 Å². The molecule has 0 aliphatic carbocycles. The van der Waals surface area contributed by atoms with Gasteiger partial charge in [-0.1, -0.05) is 41.4 Å². The standard InChI is InChI=1S/C27H24Cl2N2O3/c1-16-12-22(18(3)31(16)21-10-11-24(28)25(29)14-21)26(32)15-34-27(33)23-13-17(2)30(19(23)4)20-8-6-5-7-9-20/h5-14H,15H2,1-4H3. The maximum absolute atomic E-state index is 13.0. The molecule has 0 radical (unpaired) electrons. The number of hydrogen-bond donors (Lipinski definition) is 0. The van der Waals surface area contributed by atoms with Gasteiger partial charge in [0, 0.05) is 39.7 Å². The van der Waals surface area contributed by atoms with Crippen molar-refractivity contribution in [2.75, 3.05) is 6.61 Å². The third-order valence-corrected chi connectivity index (χ3v) is 6.63. The number of aryl methyl sites for hydroxylation is 2. The second-order valence-electron chi connectivity index (χ2n) is 8.17. The molecule has 0 amide bonds. The molecule has 0 atom stereocenters. The topological polar surface area (TPSA) is 53.2 Å². The van der Waals surface area contributed by atoms with Gasteiger partial charge in [-0.3, -0.25) is 4.79 Å². The Labute approximate surface area is 208 Å². The van der Waals surface area contributed by atoms with E-state index in [4.69, 9.17) is 27.9 Å². The molecule has 5 nitrogen and oxygen atoms in total. The van der Waals surface area contributed by atoms with E-state index in [0.717, 1.165) is 34.2 Å². The van der Waals surface area contributed by atoms with Gasteiger partial charge in [-0.25, -0.2) is 4.79 Å². The van der Waals surface area contributed by atoms with Gasteiger partial charge in [0.15, 0.2) is 6.61 Å². The van der Waals surface area contributed by atoms with Crippen LogP contribution in [0, 0.1) is 27.7 Å². The average Bonchev–Trinajstić information content (AvgIpc) is 3.28. The average molecular weight is 495 g/mol. The molecule has 4 rings (SSSR count). The lowest BCUT2D eigenvalue weighted by Gasteiger charge is -2.11. The van der Waals surface area contributed by atoms with E-state index in [9.17, 15) is 9.59 Å². The van der Waals surface area contributed by atoms with Gasteiger partial charge in [-0.2, -0.15) is 0 Å². The van der Waals surface area contributed by atoms with Gasteiger partial charge in [0.1, 0.15) is 0 Å². The highest BCUT2D eigenvalue weighted by Gasteiger charge is 2.22. The molecule has 2 heterocycles. The van der Waals surface area contributed by atoms with Crippen LogP contribution in [0.3, 0.4) is 0 Å². The van der Waals surface area contributed by atoms with E-state index in [1.165, 1.54) is 0 Å². The highest BCUT2D eigenvalue weighted by atomic mass is 35.5. The van der Waals surface area contributed by atoms with E-state index >= 15 is 0 Å². The zero-order chi connectivity index (χ0) is 24.6. The summed E-state index contributed by atoms with van der Waals surface area (Å²) >= 11 is 12.2. The number of halogens is 2. The van der Waals surface area contributed by atoms with Gasteiger partial charge in [-0.05, 0) is 70.2 Å². The molecule has 0 bridgehead atoms. The predicted molar refractivity (Wildman–Crippen MR) is 135 cm³/mol. The Bertz CT molecular complexity index is 1400. The number of esters is 1. The molecule has 174 valence electrons. The molecule has 0 saturated carbocycles. The van der Waals surface area contributed by atoms with E-state index in [2.05, 4.69) is 0 Å². The van der Waals surface area contributed by atoms with Gasteiger partial charge < -0.3 is 13.9 Å². The number of rotatable bonds is 6. The molecular weight excluding hydrogens is 471 g/mol. The summed E-state index contributed by atoms with van der Waals surface area (Å²) in [4.78, 5) is 25.8. The van der Waals surface area contributed by atoms with E-state index in [-0.39, 0.29) is 12.4 Å². The molecule has 2 aromatic carbocycles. The van der Waals surface area contributed by atoms with Crippen molar-refractivity contribution in [3.8, 4) is 11.4 Å². The summed E-state index contributed by atoms with van der Waals surface area (Å²) in [7, 11) is 0. The highest BCUT2D eigenvalue weighted by Crippen LogP contribution is 2.28. The van der Waals surface area contributed by atoms with Crippen LogP contribution in [0.4, 0.5) is 0 Å². The molecule has 0 spiro atoms. The van der Waals surface area contributed by atoms with Gasteiger partial charge >= 0.3 is 5.97 Å². The Kier molecular flexibility index (Phi) is 6.69. The first kappa shape index (κ1) is 23.9. The summed E-state index contributed by atoms with van der Waals surface area (Å²) in [6, 6.07) is 18.7. The minimum absolute atomic E-state index is 0.273. The number of carbonyl (C=O) groups is 2. The summed E-state index contributed by atoms with van der Waals surface area (Å²) in [5.74, 6) is -0.799. The second-order valence-corrected chi connectivity index (χ2v) is 8.99. The van der Waals surface area contributed by atoms with Crippen LogP contribution in [0.1, 0.15) is 43.5 Å². The summed E-state index contributed by atoms with van der Waals surface area (Å²) in [5.41, 5.74) is 5.96. The Morgan fingerprint density at radius 2 is 1.32 bits per heavy atom. The fourth-order valence-electron chi connectivity index (χ4n) is 4.30. The number of ether oxygens (including phenoxy) is 1. The number of Topliss-reactive ketones (excluding diaryl/α,β-unsaturated/α-hetero) is 1. The first-order valence-electron chi connectivity index (χ1n) is 10.8. The smallest absolute Gasteiger partial charge is 0.340 e. The Morgan fingerprint density at radius 3 is 1.97 bits per heavy atom. The van der Waals surface area contributed by atoms with Crippen LogP contribution in [0.25, 0.3) is 11.4 Å². The Hall–Kier alpha value is -3.28. The number of nitrogens with zero attached hydrogens (tertiary/aromatic N) is 2. The Morgan fingerprint density at radius 1 is 0.735 bits per heavy atom.